The molecule has 1 aliphatic rings. The summed E-state index contributed by atoms with van der Waals surface area (Å²) in [5.41, 5.74) is 2.74. The Balaban J connectivity index is 1.71. The number of anilines is 2. The molecule has 0 saturated heterocycles. The van der Waals surface area contributed by atoms with E-state index in [-0.39, 0.29) is 29.6 Å². The van der Waals surface area contributed by atoms with Gasteiger partial charge in [-0.1, -0.05) is 18.2 Å². The third-order valence-electron chi connectivity index (χ3n) is 5.07. The van der Waals surface area contributed by atoms with Crippen molar-refractivity contribution in [1.29, 1.82) is 0 Å². The van der Waals surface area contributed by atoms with E-state index in [1.54, 1.807) is 35.2 Å². The van der Waals surface area contributed by atoms with Crippen LogP contribution in [0.5, 0.6) is 0 Å². The molecule has 1 amide bonds. The summed E-state index contributed by atoms with van der Waals surface area (Å²) in [5.74, 6) is -0.777. The van der Waals surface area contributed by atoms with E-state index >= 15 is 0 Å². The molecule has 4 rings (SSSR count). The van der Waals surface area contributed by atoms with E-state index in [1.165, 1.54) is 24.3 Å². The molecule has 28 heavy (non-hydrogen) atoms. The predicted octanol–water partition coefficient (Wildman–Crippen LogP) is 5.56. The SMILES string of the molecule is C[C@H]1C[C@@H](Nc2ccc(F)cc2)c2cc(F)ccc2N1C(=O)c1ccccc1. The summed E-state index contributed by atoms with van der Waals surface area (Å²) in [6, 6.07) is 19.4. The number of amides is 1. The minimum absolute atomic E-state index is 0.0939. The fourth-order valence-electron chi connectivity index (χ4n) is 3.75. The molecular formula is C23H20F2N2O. The molecule has 5 heteroatoms. The quantitative estimate of drug-likeness (QED) is 0.647. The molecule has 0 aliphatic carbocycles. The van der Waals surface area contributed by atoms with Gasteiger partial charge in [0.05, 0.1) is 6.04 Å². The number of rotatable bonds is 3. The van der Waals surface area contributed by atoms with Crippen LogP contribution in [0.3, 0.4) is 0 Å². The average molecular weight is 378 g/mol. The summed E-state index contributed by atoms with van der Waals surface area (Å²) in [6.07, 6.45) is 0.604. The summed E-state index contributed by atoms with van der Waals surface area (Å²) in [7, 11) is 0. The van der Waals surface area contributed by atoms with Crippen molar-refractivity contribution >= 4 is 17.3 Å². The zero-order valence-electron chi connectivity index (χ0n) is 15.4. The normalized spacial score (nSPS) is 18.5. The second-order valence-corrected chi connectivity index (χ2v) is 7.03. The molecule has 142 valence electrons. The Morgan fingerprint density at radius 1 is 0.964 bits per heavy atom. The first-order chi connectivity index (χ1) is 13.5. The number of nitrogens with zero attached hydrogens (tertiary/aromatic N) is 1. The van der Waals surface area contributed by atoms with E-state index in [0.717, 1.165) is 5.69 Å². The van der Waals surface area contributed by atoms with Crippen LogP contribution in [0.2, 0.25) is 0 Å². The molecule has 0 fully saturated rings. The van der Waals surface area contributed by atoms with Crippen molar-refractivity contribution < 1.29 is 13.6 Å². The molecule has 3 aromatic carbocycles. The van der Waals surface area contributed by atoms with Gasteiger partial charge in [-0.3, -0.25) is 4.79 Å². The number of hydrogen-bond acceptors (Lipinski definition) is 2. The monoisotopic (exact) mass is 378 g/mol. The zero-order chi connectivity index (χ0) is 19.7. The molecule has 0 saturated carbocycles. The Morgan fingerprint density at radius 3 is 2.36 bits per heavy atom. The molecule has 0 bridgehead atoms. The Bertz CT molecular complexity index is 989. The molecule has 1 N–H and O–H groups in total. The van der Waals surface area contributed by atoms with Gasteiger partial charge in [-0.25, -0.2) is 8.78 Å². The minimum atomic E-state index is -0.355. The number of carbonyl (C=O) groups is 1. The highest BCUT2D eigenvalue weighted by molar-refractivity contribution is 6.07. The Labute approximate surface area is 162 Å². The Hall–Kier alpha value is -3.21. The Morgan fingerprint density at radius 2 is 1.64 bits per heavy atom. The lowest BCUT2D eigenvalue weighted by Crippen LogP contribution is -2.44. The van der Waals surface area contributed by atoms with E-state index < -0.39 is 0 Å². The molecule has 1 heterocycles. The predicted molar refractivity (Wildman–Crippen MR) is 106 cm³/mol. The third kappa shape index (κ3) is 3.48. The van der Waals surface area contributed by atoms with Crippen molar-refractivity contribution in [3.8, 4) is 0 Å². The van der Waals surface area contributed by atoms with Crippen LogP contribution < -0.4 is 10.2 Å². The van der Waals surface area contributed by atoms with Crippen molar-refractivity contribution in [1.82, 2.24) is 0 Å². The molecule has 2 atom stereocenters. The van der Waals surface area contributed by atoms with Gasteiger partial charge in [-0.15, -0.1) is 0 Å². The molecule has 0 unspecified atom stereocenters. The first-order valence-corrected chi connectivity index (χ1v) is 9.23. The van der Waals surface area contributed by atoms with Gasteiger partial charge in [0.1, 0.15) is 11.6 Å². The Kier molecular flexibility index (Phi) is 4.82. The van der Waals surface area contributed by atoms with Crippen molar-refractivity contribution in [3.05, 3.63) is 95.6 Å². The summed E-state index contributed by atoms with van der Waals surface area (Å²) in [5, 5.41) is 3.35. The van der Waals surface area contributed by atoms with E-state index in [1.807, 2.05) is 25.1 Å². The van der Waals surface area contributed by atoms with Crippen LogP contribution in [0.1, 0.15) is 35.3 Å². The summed E-state index contributed by atoms with van der Waals surface area (Å²) in [6.45, 7) is 1.98. The van der Waals surface area contributed by atoms with Gasteiger partial charge in [0.2, 0.25) is 0 Å². The highest BCUT2D eigenvalue weighted by Crippen LogP contribution is 2.40. The molecule has 3 nitrogen and oxygen atoms in total. The van der Waals surface area contributed by atoms with Crippen LogP contribution in [-0.2, 0) is 0 Å². The van der Waals surface area contributed by atoms with Crippen LogP contribution >= 0.6 is 0 Å². The van der Waals surface area contributed by atoms with Gasteiger partial charge >= 0.3 is 0 Å². The third-order valence-corrected chi connectivity index (χ3v) is 5.07. The van der Waals surface area contributed by atoms with Crippen molar-refractivity contribution in [2.75, 3.05) is 10.2 Å². The van der Waals surface area contributed by atoms with Gasteiger partial charge in [-0.05, 0) is 67.9 Å². The maximum Gasteiger partial charge on any atom is 0.258 e. The van der Waals surface area contributed by atoms with Gasteiger partial charge < -0.3 is 10.2 Å². The van der Waals surface area contributed by atoms with E-state index in [2.05, 4.69) is 5.32 Å². The summed E-state index contributed by atoms with van der Waals surface area (Å²) >= 11 is 0. The second kappa shape index (κ2) is 7.43. The van der Waals surface area contributed by atoms with Crippen LogP contribution in [0.15, 0.2) is 72.8 Å². The maximum atomic E-state index is 14.0. The van der Waals surface area contributed by atoms with Gasteiger partial charge in [0.25, 0.3) is 5.91 Å². The first-order valence-electron chi connectivity index (χ1n) is 9.23. The lowest BCUT2D eigenvalue weighted by atomic mass is 9.90. The number of benzene rings is 3. The van der Waals surface area contributed by atoms with Crippen LogP contribution in [0, 0.1) is 11.6 Å². The molecule has 1 aliphatic heterocycles. The topological polar surface area (TPSA) is 32.3 Å². The van der Waals surface area contributed by atoms with Gasteiger partial charge in [0, 0.05) is 28.5 Å². The maximum absolute atomic E-state index is 14.0. The largest absolute Gasteiger partial charge is 0.378 e. The van der Waals surface area contributed by atoms with Crippen LogP contribution in [0.4, 0.5) is 20.2 Å². The van der Waals surface area contributed by atoms with Gasteiger partial charge in [0.15, 0.2) is 0 Å². The van der Waals surface area contributed by atoms with Crippen molar-refractivity contribution in [2.24, 2.45) is 0 Å². The zero-order valence-corrected chi connectivity index (χ0v) is 15.4. The van der Waals surface area contributed by atoms with E-state index in [9.17, 15) is 13.6 Å². The van der Waals surface area contributed by atoms with E-state index in [0.29, 0.717) is 23.2 Å². The average Bonchev–Trinajstić information content (AvgIpc) is 2.70. The summed E-state index contributed by atoms with van der Waals surface area (Å²) in [4.78, 5) is 14.9. The van der Waals surface area contributed by atoms with Crippen LogP contribution in [-0.4, -0.2) is 11.9 Å². The molecular weight excluding hydrogens is 358 g/mol. The lowest BCUT2D eigenvalue weighted by molar-refractivity contribution is 0.0974. The smallest absolute Gasteiger partial charge is 0.258 e. The minimum Gasteiger partial charge on any atom is -0.378 e. The van der Waals surface area contributed by atoms with E-state index in [4.69, 9.17) is 0 Å². The lowest BCUT2D eigenvalue weighted by Gasteiger charge is -2.40. The number of carbonyl (C=O) groups excluding carboxylic acids is 1. The van der Waals surface area contributed by atoms with Crippen molar-refractivity contribution in [3.63, 3.8) is 0 Å². The van der Waals surface area contributed by atoms with Crippen LogP contribution in [0.25, 0.3) is 0 Å². The fraction of sp³-hybridized carbons (Fsp3) is 0.174. The molecule has 0 radical (unpaired) electrons. The summed E-state index contributed by atoms with van der Waals surface area (Å²) < 4.78 is 27.2. The van der Waals surface area contributed by atoms with Gasteiger partial charge in [-0.2, -0.15) is 0 Å². The second-order valence-electron chi connectivity index (χ2n) is 7.03. The van der Waals surface area contributed by atoms with Crippen molar-refractivity contribution in [2.45, 2.75) is 25.4 Å². The number of hydrogen-bond donors (Lipinski definition) is 1. The number of halogens is 2. The fourth-order valence-corrected chi connectivity index (χ4v) is 3.75. The number of nitrogens with one attached hydrogen (secondary N) is 1. The first kappa shape index (κ1) is 18.2. The molecule has 0 aromatic heterocycles. The molecule has 3 aromatic rings. The highest BCUT2D eigenvalue weighted by Gasteiger charge is 2.34. The highest BCUT2D eigenvalue weighted by atomic mass is 19.1. The molecule has 0 spiro atoms. The standard InChI is InChI=1S/C23H20F2N2O/c1-15-13-21(26-19-10-7-17(24)8-11-19)20-14-18(25)9-12-22(20)27(15)23(28)16-5-3-2-4-6-16/h2-12,14-15,21,26H,13H2,1H3/t15-,21+/m0/s1. The number of fused-ring (bicyclic) bond motifs is 1.